The SMILES string of the molecule is Cc1nc(Cl)c(N)c(Oc2ccc(Cl)cc2F)n1. The lowest BCUT2D eigenvalue weighted by atomic mass is 10.3. The van der Waals surface area contributed by atoms with E-state index in [2.05, 4.69) is 9.97 Å². The number of anilines is 1. The third-order valence-corrected chi connectivity index (χ3v) is 2.60. The van der Waals surface area contributed by atoms with Gasteiger partial charge in [0.25, 0.3) is 0 Å². The minimum absolute atomic E-state index is 0.00808. The minimum atomic E-state index is -0.616. The number of rotatable bonds is 2. The number of halogens is 3. The van der Waals surface area contributed by atoms with Crippen LogP contribution in [0.1, 0.15) is 5.82 Å². The van der Waals surface area contributed by atoms with E-state index in [-0.39, 0.29) is 27.5 Å². The number of nitrogen functional groups attached to an aromatic ring is 1. The number of benzene rings is 1. The van der Waals surface area contributed by atoms with Crippen LogP contribution < -0.4 is 10.5 Å². The molecular weight excluding hydrogens is 280 g/mol. The van der Waals surface area contributed by atoms with Crippen LogP contribution in [-0.2, 0) is 0 Å². The molecule has 4 nitrogen and oxygen atoms in total. The van der Waals surface area contributed by atoms with Crippen LogP contribution in [0.15, 0.2) is 18.2 Å². The second-order valence-corrected chi connectivity index (χ2v) is 4.25. The number of nitrogens with two attached hydrogens (primary N) is 1. The fraction of sp³-hybridized carbons (Fsp3) is 0.0909. The molecule has 1 heterocycles. The Morgan fingerprint density at radius 1 is 1.28 bits per heavy atom. The predicted octanol–water partition coefficient (Wildman–Crippen LogP) is 3.61. The summed E-state index contributed by atoms with van der Waals surface area (Å²) in [6.45, 7) is 1.62. The fourth-order valence-electron chi connectivity index (χ4n) is 1.26. The molecule has 0 fully saturated rings. The maximum atomic E-state index is 13.5. The summed E-state index contributed by atoms with van der Waals surface area (Å²) in [4.78, 5) is 7.80. The van der Waals surface area contributed by atoms with Gasteiger partial charge in [0.15, 0.2) is 16.7 Å². The highest BCUT2D eigenvalue weighted by atomic mass is 35.5. The maximum Gasteiger partial charge on any atom is 0.247 e. The number of nitrogens with zero attached hydrogens (tertiary/aromatic N) is 2. The van der Waals surface area contributed by atoms with E-state index in [4.69, 9.17) is 33.7 Å². The van der Waals surface area contributed by atoms with Crippen molar-refractivity contribution in [2.45, 2.75) is 6.92 Å². The van der Waals surface area contributed by atoms with Crippen molar-refractivity contribution in [1.82, 2.24) is 9.97 Å². The zero-order chi connectivity index (χ0) is 13.3. The lowest BCUT2D eigenvalue weighted by Crippen LogP contribution is -2.01. The van der Waals surface area contributed by atoms with E-state index in [0.29, 0.717) is 5.82 Å². The number of hydrogen-bond acceptors (Lipinski definition) is 4. The summed E-state index contributed by atoms with van der Waals surface area (Å²) in [6.07, 6.45) is 0. The molecule has 0 radical (unpaired) electrons. The van der Waals surface area contributed by atoms with E-state index in [0.717, 1.165) is 6.07 Å². The number of hydrogen-bond donors (Lipinski definition) is 1. The summed E-state index contributed by atoms with van der Waals surface area (Å²) >= 11 is 11.4. The minimum Gasteiger partial charge on any atom is -0.434 e. The Kier molecular flexibility index (Phi) is 3.54. The van der Waals surface area contributed by atoms with Crippen molar-refractivity contribution in [1.29, 1.82) is 0 Å². The largest absolute Gasteiger partial charge is 0.434 e. The van der Waals surface area contributed by atoms with Gasteiger partial charge in [-0.05, 0) is 25.1 Å². The molecule has 0 aliphatic heterocycles. The molecule has 0 spiro atoms. The van der Waals surface area contributed by atoms with Gasteiger partial charge in [-0.15, -0.1) is 0 Å². The van der Waals surface area contributed by atoms with Crippen LogP contribution in [0.25, 0.3) is 0 Å². The second kappa shape index (κ2) is 4.96. The topological polar surface area (TPSA) is 61.0 Å². The molecule has 2 aromatic rings. The molecule has 0 saturated carbocycles. The van der Waals surface area contributed by atoms with Gasteiger partial charge in [0, 0.05) is 5.02 Å². The smallest absolute Gasteiger partial charge is 0.247 e. The van der Waals surface area contributed by atoms with Gasteiger partial charge in [-0.1, -0.05) is 23.2 Å². The first kappa shape index (κ1) is 12.9. The first-order valence-electron chi connectivity index (χ1n) is 4.90. The van der Waals surface area contributed by atoms with Crippen LogP contribution in [0.5, 0.6) is 11.6 Å². The summed E-state index contributed by atoms with van der Waals surface area (Å²) in [5.41, 5.74) is 5.70. The van der Waals surface area contributed by atoms with E-state index in [1.807, 2.05) is 0 Å². The molecule has 7 heteroatoms. The van der Waals surface area contributed by atoms with Gasteiger partial charge in [-0.25, -0.2) is 9.37 Å². The quantitative estimate of drug-likeness (QED) is 0.857. The molecule has 18 heavy (non-hydrogen) atoms. The van der Waals surface area contributed by atoms with Crippen molar-refractivity contribution in [2.75, 3.05) is 5.73 Å². The van der Waals surface area contributed by atoms with Crippen molar-refractivity contribution in [3.8, 4) is 11.6 Å². The van der Waals surface area contributed by atoms with E-state index in [1.54, 1.807) is 6.92 Å². The van der Waals surface area contributed by atoms with Gasteiger partial charge >= 0.3 is 0 Å². The molecule has 2 rings (SSSR count). The van der Waals surface area contributed by atoms with E-state index in [9.17, 15) is 4.39 Å². The molecule has 0 saturated heterocycles. The molecule has 1 aromatic heterocycles. The van der Waals surface area contributed by atoms with E-state index in [1.165, 1.54) is 12.1 Å². The first-order chi connectivity index (χ1) is 8.47. The van der Waals surface area contributed by atoms with Crippen LogP contribution >= 0.6 is 23.2 Å². The molecule has 2 N–H and O–H groups in total. The third kappa shape index (κ3) is 2.63. The average molecular weight is 288 g/mol. The highest BCUT2D eigenvalue weighted by Crippen LogP contribution is 2.31. The Bertz CT molecular complexity index is 607. The Balaban J connectivity index is 2.40. The van der Waals surface area contributed by atoms with Crippen molar-refractivity contribution in [3.05, 3.63) is 40.0 Å². The van der Waals surface area contributed by atoms with Crippen molar-refractivity contribution in [2.24, 2.45) is 0 Å². The molecule has 0 unspecified atom stereocenters. The lowest BCUT2D eigenvalue weighted by Gasteiger charge is -2.09. The molecule has 0 amide bonds. The molecule has 0 aliphatic rings. The van der Waals surface area contributed by atoms with E-state index < -0.39 is 5.82 Å². The average Bonchev–Trinajstić information content (AvgIpc) is 2.29. The number of aryl methyl sites for hydroxylation is 1. The number of aromatic nitrogens is 2. The van der Waals surface area contributed by atoms with Crippen molar-refractivity contribution in [3.63, 3.8) is 0 Å². The normalized spacial score (nSPS) is 10.4. The Morgan fingerprint density at radius 3 is 2.67 bits per heavy atom. The standard InChI is InChI=1S/C11H8Cl2FN3O/c1-5-16-10(13)9(15)11(17-5)18-8-3-2-6(12)4-7(8)14/h2-4H,15H2,1H3. The monoisotopic (exact) mass is 287 g/mol. The molecule has 1 aromatic carbocycles. The molecule has 0 atom stereocenters. The van der Waals surface area contributed by atoms with Crippen LogP contribution in [0.4, 0.5) is 10.1 Å². The zero-order valence-electron chi connectivity index (χ0n) is 9.25. The zero-order valence-corrected chi connectivity index (χ0v) is 10.8. The predicted molar refractivity (Wildman–Crippen MR) is 67.7 cm³/mol. The van der Waals surface area contributed by atoms with Gasteiger partial charge in [0.1, 0.15) is 11.5 Å². The summed E-state index contributed by atoms with van der Waals surface area (Å²) < 4.78 is 18.8. The van der Waals surface area contributed by atoms with Gasteiger partial charge < -0.3 is 10.5 Å². The highest BCUT2D eigenvalue weighted by molar-refractivity contribution is 6.32. The second-order valence-electron chi connectivity index (χ2n) is 3.46. The highest BCUT2D eigenvalue weighted by Gasteiger charge is 2.13. The molecule has 0 bridgehead atoms. The van der Waals surface area contributed by atoms with Gasteiger partial charge in [0.05, 0.1) is 0 Å². The Hall–Kier alpha value is -1.59. The van der Waals surface area contributed by atoms with Crippen molar-refractivity contribution < 1.29 is 9.13 Å². The fourth-order valence-corrected chi connectivity index (χ4v) is 1.62. The van der Waals surface area contributed by atoms with Gasteiger partial charge in [-0.3, -0.25) is 0 Å². The van der Waals surface area contributed by atoms with Crippen LogP contribution in [0.2, 0.25) is 10.2 Å². The van der Waals surface area contributed by atoms with E-state index >= 15 is 0 Å². The molecule has 94 valence electrons. The molecular formula is C11H8Cl2FN3O. The van der Waals surface area contributed by atoms with Crippen LogP contribution in [-0.4, -0.2) is 9.97 Å². The Morgan fingerprint density at radius 2 is 2.00 bits per heavy atom. The summed E-state index contributed by atoms with van der Waals surface area (Å²) in [6, 6.07) is 4.00. The first-order valence-corrected chi connectivity index (χ1v) is 5.65. The Labute approximate surface area is 113 Å². The van der Waals surface area contributed by atoms with Gasteiger partial charge in [0.2, 0.25) is 5.88 Å². The summed E-state index contributed by atoms with van der Waals surface area (Å²) in [5, 5.41) is 0.330. The summed E-state index contributed by atoms with van der Waals surface area (Å²) in [5.74, 6) is -0.276. The van der Waals surface area contributed by atoms with Crippen molar-refractivity contribution >= 4 is 28.9 Å². The van der Waals surface area contributed by atoms with Crippen LogP contribution in [0.3, 0.4) is 0 Å². The van der Waals surface area contributed by atoms with Crippen LogP contribution in [0, 0.1) is 12.7 Å². The summed E-state index contributed by atoms with van der Waals surface area (Å²) in [7, 11) is 0. The lowest BCUT2D eigenvalue weighted by molar-refractivity contribution is 0.427. The van der Waals surface area contributed by atoms with Gasteiger partial charge in [-0.2, -0.15) is 4.98 Å². The maximum absolute atomic E-state index is 13.5. The number of ether oxygens (including phenoxy) is 1. The molecule has 0 aliphatic carbocycles. The third-order valence-electron chi connectivity index (χ3n) is 2.08.